The lowest BCUT2D eigenvalue weighted by atomic mass is 10.0. The van der Waals surface area contributed by atoms with Crippen LogP contribution in [0, 0.1) is 0 Å². The summed E-state index contributed by atoms with van der Waals surface area (Å²) in [6.07, 6.45) is -0.227. The number of hydrogen-bond donors (Lipinski definition) is 3. The van der Waals surface area contributed by atoms with Gasteiger partial charge in [-0.25, -0.2) is 0 Å². The number of aliphatic hydroxyl groups excluding tert-OH is 1. The summed E-state index contributed by atoms with van der Waals surface area (Å²) in [4.78, 5) is 39.0. The molecule has 3 amide bonds. The van der Waals surface area contributed by atoms with E-state index in [0.717, 1.165) is 12.1 Å². The quantitative estimate of drug-likeness (QED) is 0.406. The Bertz CT molecular complexity index is 1210. The van der Waals surface area contributed by atoms with E-state index in [1.54, 1.807) is 18.2 Å². The van der Waals surface area contributed by atoms with Gasteiger partial charge in [0.05, 0.1) is 12.7 Å². The Hall–Kier alpha value is -3.57. The van der Waals surface area contributed by atoms with Crippen molar-refractivity contribution in [3.63, 3.8) is 0 Å². The molecule has 4 rings (SSSR count). The average molecular weight is 532 g/mol. The number of halogens is 2. The van der Waals surface area contributed by atoms with Gasteiger partial charge in [-0.3, -0.25) is 14.4 Å². The molecule has 38 heavy (non-hydrogen) atoms. The minimum Gasteiger partial charge on any atom is -0.491 e. The fourth-order valence-electron chi connectivity index (χ4n) is 4.48. The van der Waals surface area contributed by atoms with Crippen molar-refractivity contribution >= 4 is 17.7 Å². The van der Waals surface area contributed by atoms with Crippen LogP contribution in [-0.2, 0) is 33.3 Å². The molecular formula is C27H31F2N3O6. The summed E-state index contributed by atoms with van der Waals surface area (Å²) in [5.41, 5.74) is 1.09. The van der Waals surface area contributed by atoms with E-state index in [9.17, 15) is 28.3 Å². The standard InChI is InChI=1S/C27H31F2N3O6/c1-16(2)37-10-11-38-20-5-3-4-19(13-20)27(28,29)26(36)30-14-17-6-7-21-18(12-17)15-32(25(21)35)22-8-9-23(33)31-24(22)34/h3-7,12-13,16,22-23,33H,8-11,14-15H2,1-2H3,(H,30,36)(H,31,34). The highest BCUT2D eigenvalue weighted by atomic mass is 19.3. The number of aliphatic hydroxyl groups is 1. The molecule has 0 saturated carbocycles. The van der Waals surface area contributed by atoms with Gasteiger partial charge < -0.3 is 30.1 Å². The third-order valence-electron chi connectivity index (χ3n) is 6.44. The molecule has 0 aromatic heterocycles. The molecule has 2 aliphatic heterocycles. The normalized spacial score (nSPS) is 19.4. The maximum absolute atomic E-state index is 14.9. The van der Waals surface area contributed by atoms with Crippen LogP contribution in [0.25, 0.3) is 0 Å². The van der Waals surface area contributed by atoms with Gasteiger partial charge in [-0.15, -0.1) is 0 Å². The monoisotopic (exact) mass is 531 g/mol. The second-order valence-corrected chi connectivity index (χ2v) is 9.59. The van der Waals surface area contributed by atoms with Gasteiger partial charge in [0.2, 0.25) is 5.91 Å². The van der Waals surface area contributed by atoms with Crippen molar-refractivity contribution in [2.75, 3.05) is 13.2 Å². The summed E-state index contributed by atoms with van der Waals surface area (Å²) in [7, 11) is 0. The number of amides is 3. The number of carbonyl (C=O) groups is 3. The van der Waals surface area contributed by atoms with Crippen LogP contribution in [0.15, 0.2) is 42.5 Å². The summed E-state index contributed by atoms with van der Waals surface area (Å²) >= 11 is 0. The van der Waals surface area contributed by atoms with Crippen LogP contribution >= 0.6 is 0 Å². The fourth-order valence-corrected chi connectivity index (χ4v) is 4.48. The number of piperidine rings is 1. The van der Waals surface area contributed by atoms with Crippen LogP contribution in [-0.4, -0.2) is 59.3 Å². The first kappa shape index (κ1) is 27.5. The van der Waals surface area contributed by atoms with E-state index in [1.165, 1.54) is 17.0 Å². The summed E-state index contributed by atoms with van der Waals surface area (Å²) in [6.45, 7) is 4.25. The number of fused-ring (bicyclic) bond motifs is 1. The summed E-state index contributed by atoms with van der Waals surface area (Å²) in [5.74, 6) is -5.78. The molecule has 9 nitrogen and oxygen atoms in total. The van der Waals surface area contributed by atoms with Gasteiger partial charge in [-0.1, -0.05) is 24.3 Å². The molecular weight excluding hydrogens is 500 g/mol. The van der Waals surface area contributed by atoms with Crippen molar-refractivity contribution in [3.8, 4) is 5.75 Å². The lowest BCUT2D eigenvalue weighted by Gasteiger charge is -2.32. The highest BCUT2D eigenvalue weighted by Gasteiger charge is 2.41. The summed E-state index contributed by atoms with van der Waals surface area (Å²) in [5, 5.41) is 14.3. The van der Waals surface area contributed by atoms with Crippen LogP contribution in [0.1, 0.15) is 53.7 Å². The van der Waals surface area contributed by atoms with E-state index < -0.39 is 35.6 Å². The molecule has 0 aliphatic carbocycles. The zero-order valence-electron chi connectivity index (χ0n) is 21.2. The lowest BCUT2D eigenvalue weighted by Crippen LogP contribution is -2.54. The van der Waals surface area contributed by atoms with Crippen molar-refractivity contribution in [1.29, 1.82) is 0 Å². The first-order valence-electron chi connectivity index (χ1n) is 12.5. The minimum atomic E-state index is -3.80. The molecule has 3 N–H and O–H groups in total. The Morgan fingerprint density at radius 3 is 2.71 bits per heavy atom. The van der Waals surface area contributed by atoms with Crippen LogP contribution in [0.5, 0.6) is 5.75 Å². The molecule has 2 aromatic rings. The molecule has 0 spiro atoms. The molecule has 0 radical (unpaired) electrons. The molecule has 2 aromatic carbocycles. The summed E-state index contributed by atoms with van der Waals surface area (Å²) < 4.78 is 40.7. The molecule has 11 heteroatoms. The first-order chi connectivity index (χ1) is 18.1. The Balaban J connectivity index is 1.36. The van der Waals surface area contributed by atoms with Gasteiger partial charge in [0.15, 0.2) is 0 Å². The molecule has 0 bridgehead atoms. The molecule has 1 saturated heterocycles. The van der Waals surface area contributed by atoms with E-state index in [0.29, 0.717) is 36.1 Å². The van der Waals surface area contributed by atoms with Crippen molar-refractivity contribution in [2.45, 2.75) is 64.1 Å². The third-order valence-corrected chi connectivity index (χ3v) is 6.44. The van der Waals surface area contributed by atoms with Gasteiger partial charge in [-0.2, -0.15) is 8.78 Å². The average Bonchev–Trinajstić information content (AvgIpc) is 3.20. The smallest absolute Gasteiger partial charge is 0.349 e. The van der Waals surface area contributed by atoms with E-state index in [-0.39, 0.29) is 37.5 Å². The van der Waals surface area contributed by atoms with Gasteiger partial charge in [0.25, 0.3) is 11.8 Å². The maximum atomic E-state index is 14.9. The van der Waals surface area contributed by atoms with E-state index in [2.05, 4.69) is 10.6 Å². The van der Waals surface area contributed by atoms with E-state index >= 15 is 0 Å². The Kier molecular flexibility index (Phi) is 8.27. The highest BCUT2D eigenvalue weighted by molar-refractivity contribution is 6.01. The fraction of sp³-hybridized carbons (Fsp3) is 0.444. The van der Waals surface area contributed by atoms with Gasteiger partial charge in [-0.05, 0) is 56.0 Å². The number of nitrogens with one attached hydrogen (secondary N) is 2. The van der Waals surface area contributed by atoms with E-state index in [1.807, 2.05) is 13.8 Å². The highest BCUT2D eigenvalue weighted by Crippen LogP contribution is 2.31. The summed E-state index contributed by atoms with van der Waals surface area (Å²) in [6, 6.07) is 9.33. The molecule has 2 heterocycles. The topological polar surface area (TPSA) is 117 Å². The van der Waals surface area contributed by atoms with Crippen LogP contribution in [0.4, 0.5) is 8.78 Å². The molecule has 204 valence electrons. The maximum Gasteiger partial charge on any atom is 0.349 e. The number of hydrogen-bond acceptors (Lipinski definition) is 6. The number of ether oxygens (including phenoxy) is 2. The SMILES string of the molecule is CC(C)OCCOc1cccc(C(F)(F)C(=O)NCc2ccc3c(c2)CN(C2CCC(O)NC2=O)C3=O)c1. The molecule has 2 atom stereocenters. The number of benzene rings is 2. The van der Waals surface area contributed by atoms with Crippen LogP contribution in [0.3, 0.4) is 0 Å². The van der Waals surface area contributed by atoms with Crippen LogP contribution < -0.4 is 15.4 Å². The van der Waals surface area contributed by atoms with Crippen molar-refractivity contribution in [1.82, 2.24) is 15.5 Å². The Morgan fingerprint density at radius 1 is 1.18 bits per heavy atom. The van der Waals surface area contributed by atoms with Gasteiger partial charge >= 0.3 is 5.92 Å². The Morgan fingerprint density at radius 2 is 1.97 bits per heavy atom. The van der Waals surface area contributed by atoms with Crippen molar-refractivity contribution in [3.05, 3.63) is 64.7 Å². The Labute approximate surface area is 219 Å². The van der Waals surface area contributed by atoms with Crippen molar-refractivity contribution < 1.29 is 37.7 Å². The predicted octanol–water partition coefficient (Wildman–Crippen LogP) is 2.45. The largest absolute Gasteiger partial charge is 0.491 e. The number of alkyl halides is 2. The predicted molar refractivity (Wildman–Crippen MR) is 132 cm³/mol. The van der Waals surface area contributed by atoms with E-state index in [4.69, 9.17) is 9.47 Å². The first-order valence-corrected chi connectivity index (χ1v) is 12.5. The molecule has 2 unspecified atom stereocenters. The van der Waals surface area contributed by atoms with Crippen LogP contribution in [0.2, 0.25) is 0 Å². The second-order valence-electron chi connectivity index (χ2n) is 9.59. The number of nitrogens with zero attached hydrogens (tertiary/aromatic N) is 1. The second kappa shape index (κ2) is 11.4. The molecule has 2 aliphatic rings. The number of carbonyl (C=O) groups excluding carboxylic acids is 3. The number of rotatable bonds is 10. The lowest BCUT2D eigenvalue weighted by molar-refractivity contribution is -0.147. The van der Waals surface area contributed by atoms with Gasteiger partial charge in [0, 0.05) is 24.2 Å². The van der Waals surface area contributed by atoms with Crippen molar-refractivity contribution in [2.24, 2.45) is 0 Å². The minimum absolute atomic E-state index is 0.0245. The third kappa shape index (κ3) is 6.11. The van der Waals surface area contributed by atoms with Gasteiger partial charge in [0.1, 0.15) is 24.6 Å². The zero-order valence-corrected chi connectivity index (χ0v) is 21.2. The zero-order chi connectivity index (χ0) is 27.4. The molecule has 1 fully saturated rings.